The summed E-state index contributed by atoms with van der Waals surface area (Å²) >= 11 is 0. The Morgan fingerprint density at radius 2 is 0.326 bits per heavy atom. The molecule has 458 valence electrons. The van der Waals surface area contributed by atoms with E-state index in [1.807, 2.05) is 194 Å². The van der Waals surface area contributed by atoms with Crippen LogP contribution in [-0.2, 0) is 0 Å². The summed E-state index contributed by atoms with van der Waals surface area (Å²) in [4.78, 5) is 7.85. The van der Waals surface area contributed by atoms with Gasteiger partial charge in [-0.05, 0) is 203 Å². The molecule has 0 N–H and O–H groups in total. The molecule has 0 amide bonds. The summed E-state index contributed by atoms with van der Waals surface area (Å²) in [6, 6.07) is 83.7. The van der Waals surface area contributed by atoms with E-state index >= 15 is 17.6 Å². The van der Waals surface area contributed by atoms with Crippen LogP contribution in [0.1, 0.15) is 0 Å². The quantitative estimate of drug-likeness (QED) is 0.0650. The molecule has 12 aromatic rings. The summed E-state index contributed by atoms with van der Waals surface area (Å²) in [5, 5.41) is 0. The molecule has 0 saturated heterocycles. The molecule has 0 heterocycles. The highest BCUT2D eigenvalue weighted by molar-refractivity contribution is 5.85. The second-order valence-corrected chi connectivity index (χ2v) is 21.3. The van der Waals surface area contributed by atoms with Crippen molar-refractivity contribution in [2.45, 2.75) is 0 Å². The second kappa shape index (κ2) is 27.0. The Balaban J connectivity index is 0.818. The van der Waals surface area contributed by atoms with Crippen LogP contribution >= 0.6 is 0 Å². The number of hydrogen-bond acceptors (Lipinski definition) is 10. The summed E-state index contributed by atoms with van der Waals surface area (Å²) in [6.45, 7) is 0. The fourth-order valence-corrected chi connectivity index (χ4v) is 11.3. The summed E-state index contributed by atoms with van der Waals surface area (Å²) < 4.78 is 94.4. The van der Waals surface area contributed by atoms with Crippen molar-refractivity contribution in [1.82, 2.24) is 0 Å². The van der Waals surface area contributed by atoms with E-state index in [1.54, 1.807) is 38.2 Å². The van der Waals surface area contributed by atoms with Crippen molar-refractivity contribution < 1.29 is 46.0 Å². The maximum absolute atomic E-state index is 15.6. The van der Waals surface area contributed by atoms with Crippen LogP contribution in [0.4, 0.5) is 85.8 Å². The molecule has 12 aromatic carbocycles. The van der Waals surface area contributed by atoms with E-state index in [0.29, 0.717) is 22.7 Å². The third-order valence-electron chi connectivity index (χ3n) is 16.0. The van der Waals surface area contributed by atoms with Gasteiger partial charge in [-0.3, -0.25) is 0 Å². The Bertz CT molecular complexity index is 4040. The zero-order valence-electron chi connectivity index (χ0n) is 51.2. The number of anilines is 12. The van der Waals surface area contributed by atoms with Crippen molar-refractivity contribution in [3.8, 4) is 67.9 Å². The Kier molecular flexibility index (Phi) is 17.8. The second-order valence-electron chi connectivity index (χ2n) is 21.3. The lowest BCUT2D eigenvalue weighted by atomic mass is 10.0. The zero-order valence-corrected chi connectivity index (χ0v) is 51.2. The van der Waals surface area contributed by atoms with E-state index in [0.717, 1.165) is 90.5 Å². The van der Waals surface area contributed by atoms with Crippen LogP contribution in [0.5, 0.6) is 34.5 Å². The molecule has 0 spiro atoms. The molecule has 0 aliphatic rings. The first-order valence-corrected chi connectivity index (χ1v) is 29.4. The molecule has 0 fully saturated rings. The standard InChI is InChI=1S/C78H62F4N4O6/c1-87-69-39-31-63(32-40-69)83(64-33-41-70(88-2)42-34-64)57-19-7-51(8-20-57)53-11-23-59(24-12-53)85(67-47-73(79)77(91-5)74(80)48-67)61-27-15-55(16-28-61)56-17-29-62(30-18-56)86(68-49-75(81)78(92-6)76(82)50-68)60-25-13-54(14-26-60)52-9-21-58(22-10-52)84(65-35-43-71(89-3)44-36-65)66-37-45-72(90-4)46-38-66/h7-50H,1-6H3. The maximum atomic E-state index is 15.6. The van der Waals surface area contributed by atoms with Crippen LogP contribution in [-0.4, -0.2) is 42.7 Å². The lowest BCUT2D eigenvalue weighted by Gasteiger charge is -2.27. The summed E-state index contributed by atoms with van der Waals surface area (Å²) in [6.07, 6.45) is 0. The molecular formula is C78H62F4N4O6. The van der Waals surface area contributed by atoms with E-state index in [1.165, 1.54) is 38.5 Å². The van der Waals surface area contributed by atoms with Gasteiger partial charge in [-0.1, -0.05) is 72.8 Å². The van der Waals surface area contributed by atoms with Gasteiger partial charge in [0.1, 0.15) is 23.0 Å². The normalized spacial score (nSPS) is 10.9. The molecule has 92 heavy (non-hydrogen) atoms. The highest BCUT2D eigenvalue weighted by Crippen LogP contribution is 2.44. The molecule has 0 aliphatic carbocycles. The van der Waals surface area contributed by atoms with E-state index in [4.69, 9.17) is 28.4 Å². The SMILES string of the molecule is COc1ccc(N(c2ccc(OC)cc2)c2ccc(-c3ccc(N(c4ccc(-c5ccc(N(c6ccc(-c7ccc(N(c8ccc(OC)cc8)c8ccc(OC)cc8)cc7)cc6)c6cc(F)c(OC)c(F)c6)cc5)cc4)c4cc(F)c(OC)c(F)c4)cc3)cc2)cc1. The lowest BCUT2D eigenvalue weighted by molar-refractivity contribution is 0.360. The number of ether oxygens (including phenoxy) is 6. The molecule has 0 aliphatic heterocycles. The van der Waals surface area contributed by atoms with E-state index in [9.17, 15) is 0 Å². The lowest BCUT2D eigenvalue weighted by Crippen LogP contribution is -2.11. The van der Waals surface area contributed by atoms with Gasteiger partial charge in [0.2, 0.25) is 0 Å². The number of halogens is 4. The molecule has 14 heteroatoms. The molecule has 10 nitrogen and oxygen atoms in total. The van der Waals surface area contributed by atoms with Crippen molar-refractivity contribution in [2.24, 2.45) is 0 Å². The first kappa shape index (κ1) is 60.6. The molecule has 12 rings (SSSR count). The Labute approximate surface area is 532 Å². The molecule has 0 saturated carbocycles. The third-order valence-corrected chi connectivity index (χ3v) is 16.0. The monoisotopic (exact) mass is 1230 g/mol. The van der Waals surface area contributed by atoms with Crippen LogP contribution in [0.25, 0.3) is 33.4 Å². The number of benzene rings is 12. The molecule has 0 atom stereocenters. The summed E-state index contributed by atoms with van der Waals surface area (Å²) in [5.74, 6) is -1.38. The van der Waals surface area contributed by atoms with E-state index < -0.39 is 34.8 Å². The molecule has 0 bridgehead atoms. The fraction of sp³-hybridized carbons (Fsp3) is 0.0769. The number of methoxy groups -OCH3 is 6. The first-order chi connectivity index (χ1) is 44.9. The Hall–Kier alpha value is -11.6. The van der Waals surface area contributed by atoms with Crippen molar-refractivity contribution in [3.63, 3.8) is 0 Å². The van der Waals surface area contributed by atoms with Gasteiger partial charge >= 0.3 is 0 Å². The highest BCUT2D eigenvalue weighted by Gasteiger charge is 2.23. The van der Waals surface area contributed by atoms with Gasteiger partial charge in [-0.2, -0.15) is 0 Å². The van der Waals surface area contributed by atoms with Gasteiger partial charge in [0, 0.05) is 81.1 Å². The fourth-order valence-electron chi connectivity index (χ4n) is 11.3. The average molecular weight is 1230 g/mol. The van der Waals surface area contributed by atoms with Gasteiger partial charge in [-0.15, -0.1) is 0 Å². The van der Waals surface area contributed by atoms with Gasteiger partial charge in [0.05, 0.1) is 54.0 Å². The average Bonchev–Trinajstić information content (AvgIpc) is 1.32. The summed E-state index contributed by atoms with van der Waals surface area (Å²) in [5.41, 5.74) is 14.1. The van der Waals surface area contributed by atoms with E-state index in [2.05, 4.69) is 58.3 Å². The molecular weight excluding hydrogens is 1160 g/mol. The van der Waals surface area contributed by atoms with Crippen LogP contribution in [0.2, 0.25) is 0 Å². The highest BCUT2D eigenvalue weighted by atomic mass is 19.1. The van der Waals surface area contributed by atoms with Crippen molar-refractivity contribution in [2.75, 3.05) is 62.3 Å². The predicted octanol–water partition coefficient (Wildman–Crippen LogP) is 21.2. The summed E-state index contributed by atoms with van der Waals surface area (Å²) in [7, 11) is 9.01. The largest absolute Gasteiger partial charge is 0.497 e. The minimum Gasteiger partial charge on any atom is -0.497 e. The van der Waals surface area contributed by atoms with E-state index in [-0.39, 0.29) is 11.4 Å². The number of rotatable bonds is 21. The minimum atomic E-state index is -0.852. The number of nitrogens with zero attached hydrogens (tertiary/aromatic N) is 4. The van der Waals surface area contributed by atoms with Crippen molar-refractivity contribution >= 4 is 68.2 Å². The first-order valence-electron chi connectivity index (χ1n) is 29.4. The van der Waals surface area contributed by atoms with Crippen molar-refractivity contribution in [1.29, 1.82) is 0 Å². The van der Waals surface area contributed by atoms with Gasteiger partial charge in [0.25, 0.3) is 0 Å². The van der Waals surface area contributed by atoms with Gasteiger partial charge < -0.3 is 48.0 Å². The molecule has 0 unspecified atom stereocenters. The van der Waals surface area contributed by atoms with Gasteiger partial charge in [-0.25, -0.2) is 17.6 Å². The Morgan fingerprint density at radius 1 is 0.185 bits per heavy atom. The predicted molar refractivity (Wildman–Crippen MR) is 361 cm³/mol. The van der Waals surface area contributed by atoms with Crippen molar-refractivity contribution in [3.05, 3.63) is 290 Å². The smallest absolute Gasteiger partial charge is 0.190 e. The van der Waals surface area contributed by atoms with Crippen LogP contribution in [0.3, 0.4) is 0 Å². The van der Waals surface area contributed by atoms with Gasteiger partial charge in [0.15, 0.2) is 34.8 Å². The zero-order chi connectivity index (χ0) is 63.8. The molecule has 0 aromatic heterocycles. The molecule has 0 radical (unpaired) electrons. The third kappa shape index (κ3) is 12.7. The maximum Gasteiger partial charge on any atom is 0.190 e. The van der Waals surface area contributed by atoms with Crippen LogP contribution in [0.15, 0.2) is 267 Å². The van der Waals surface area contributed by atoms with Crippen LogP contribution in [0, 0.1) is 23.3 Å². The number of hydrogen-bond donors (Lipinski definition) is 0. The minimum absolute atomic E-state index is 0.238. The van der Waals surface area contributed by atoms with Crippen LogP contribution < -0.4 is 48.0 Å². The topological polar surface area (TPSA) is 68.3 Å². The Morgan fingerprint density at radius 3 is 0.467 bits per heavy atom.